The Bertz CT molecular complexity index is 919. The van der Waals surface area contributed by atoms with Gasteiger partial charge in [-0.1, -0.05) is 6.08 Å². The van der Waals surface area contributed by atoms with Crippen LogP contribution in [0, 0.1) is 0 Å². The Labute approximate surface area is 206 Å². The van der Waals surface area contributed by atoms with Crippen LogP contribution in [0.25, 0.3) is 0 Å². The Morgan fingerprint density at radius 2 is 1.71 bits per heavy atom. The molecule has 1 amide bonds. The summed E-state index contributed by atoms with van der Waals surface area (Å²) in [4.78, 5) is 28.2. The molecule has 0 bridgehead atoms. The Morgan fingerprint density at radius 3 is 2.43 bits per heavy atom. The normalized spacial score (nSPS) is 13.3. The second kappa shape index (κ2) is 14.9. The van der Waals surface area contributed by atoms with E-state index >= 15 is 0 Å². The molecule has 0 saturated carbocycles. The van der Waals surface area contributed by atoms with Crippen molar-refractivity contribution in [3.8, 4) is 0 Å². The second-order valence-electron chi connectivity index (χ2n) is 7.97. The summed E-state index contributed by atoms with van der Waals surface area (Å²) in [6.07, 6.45) is 5.24. The lowest BCUT2D eigenvalue weighted by atomic mass is 10.1. The topological polar surface area (TPSA) is 140 Å². The summed E-state index contributed by atoms with van der Waals surface area (Å²) in [5.74, 6) is 1.42. The monoisotopic (exact) mass is 484 g/mol. The van der Waals surface area contributed by atoms with E-state index in [0.717, 1.165) is 31.6 Å². The summed E-state index contributed by atoms with van der Waals surface area (Å²) in [7, 11) is 0. The fourth-order valence-corrected chi connectivity index (χ4v) is 3.48. The van der Waals surface area contributed by atoms with E-state index in [0.29, 0.717) is 69.5 Å². The highest BCUT2D eigenvalue weighted by Gasteiger charge is 2.16. The number of carbonyl (C=O) groups is 1. The van der Waals surface area contributed by atoms with Gasteiger partial charge in [-0.2, -0.15) is 15.0 Å². The molecule has 1 saturated heterocycles. The SMILES string of the molecule is C=CCNc1nc(Nc2ccc(C(=O)NCCOCCOCCN)cc2)nc(N2CCCCC2)n1. The van der Waals surface area contributed by atoms with Crippen molar-refractivity contribution in [2.45, 2.75) is 19.3 Å². The highest BCUT2D eigenvalue weighted by molar-refractivity contribution is 5.94. The van der Waals surface area contributed by atoms with E-state index in [-0.39, 0.29) is 5.91 Å². The standard InChI is InChI=1S/C24H36N8O3/c1-2-11-27-22-29-23(31-24(30-22)32-13-4-3-5-14-32)28-20-8-6-19(7-9-20)21(33)26-12-16-35-18-17-34-15-10-25/h2,6-9H,1,3-5,10-18,25H2,(H,26,33)(H2,27,28,29,30,31). The molecular formula is C24H36N8O3. The van der Waals surface area contributed by atoms with Crippen LogP contribution in [0.4, 0.5) is 23.5 Å². The Kier molecular flexibility index (Phi) is 11.2. The maximum Gasteiger partial charge on any atom is 0.251 e. The number of nitrogens with one attached hydrogen (secondary N) is 3. The minimum absolute atomic E-state index is 0.164. The summed E-state index contributed by atoms with van der Waals surface area (Å²) in [5, 5.41) is 9.21. The number of nitrogens with two attached hydrogens (primary N) is 1. The molecule has 1 aromatic heterocycles. The van der Waals surface area contributed by atoms with Gasteiger partial charge >= 0.3 is 0 Å². The van der Waals surface area contributed by atoms with Crippen LogP contribution in [-0.4, -0.2) is 80.0 Å². The summed E-state index contributed by atoms with van der Waals surface area (Å²) < 4.78 is 10.6. The number of carbonyl (C=O) groups excluding carboxylic acids is 1. The first-order valence-electron chi connectivity index (χ1n) is 12.1. The van der Waals surface area contributed by atoms with Crippen molar-refractivity contribution >= 4 is 29.4 Å². The number of nitrogens with zero attached hydrogens (tertiary/aromatic N) is 4. The Balaban J connectivity index is 1.53. The predicted octanol–water partition coefficient (Wildman–Crippen LogP) is 1.93. The van der Waals surface area contributed by atoms with Crippen molar-refractivity contribution in [1.82, 2.24) is 20.3 Å². The zero-order chi connectivity index (χ0) is 24.7. The molecule has 0 spiro atoms. The third kappa shape index (κ3) is 9.12. The van der Waals surface area contributed by atoms with Gasteiger partial charge in [0.1, 0.15) is 0 Å². The molecule has 0 atom stereocenters. The number of rotatable bonds is 15. The van der Waals surface area contributed by atoms with Gasteiger partial charge in [0.15, 0.2) is 0 Å². The largest absolute Gasteiger partial charge is 0.378 e. The van der Waals surface area contributed by atoms with Crippen molar-refractivity contribution in [3.05, 3.63) is 42.5 Å². The highest BCUT2D eigenvalue weighted by Crippen LogP contribution is 2.21. The Hall–Kier alpha value is -3.28. The lowest BCUT2D eigenvalue weighted by molar-refractivity contribution is 0.0511. The number of anilines is 4. The minimum Gasteiger partial charge on any atom is -0.378 e. The molecule has 0 unspecified atom stereocenters. The first-order valence-corrected chi connectivity index (χ1v) is 12.1. The molecule has 0 aliphatic carbocycles. The Morgan fingerprint density at radius 1 is 1.00 bits per heavy atom. The molecule has 2 aromatic rings. The molecule has 1 aromatic carbocycles. The van der Waals surface area contributed by atoms with Crippen LogP contribution in [0.3, 0.4) is 0 Å². The molecule has 2 heterocycles. The second-order valence-corrected chi connectivity index (χ2v) is 7.97. The molecule has 11 heteroatoms. The van der Waals surface area contributed by atoms with Crippen LogP contribution in [0.5, 0.6) is 0 Å². The van der Waals surface area contributed by atoms with E-state index in [2.05, 4.69) is 42.4 Å². The van der Waals surface area contributed by atoms with Gasteiger partial charge in [-0.15, -0.1) is 6.58 Å². The van der Waals surface area contributed by atoms with Crippen LogP contribution in [0.1, 0.15) is 29.6 Å². The molecule has 1 fully saturated rings. The van der Waals surface area contributed by atoms with Crippen LogP contribution in [-0.2, 0) is 9.47 Å². The average Bonchev–Trinajstić information content (AvgIpc) is 2.89. The number of piperidine rings is 1. The minimum atomic E-state index is -0.164. The van der Waals surface area contributed by atoms with Crippen molar-refractivity contribution in [3.63, 3.8) is 0 Å². The highest BCUT2D eigenvalue weighted by atomic mass is 16.5. The van der Waals surface area contributed by atoms with E-state index in [1.807, 2.05) is 12.1 Å². The van der Waals surface area contributed by atoms with E-state index < -0.39 is 0 Å². The van der Waals surface area contributed by atoms with Crippen molar-refractivity contribution in [2.75, 3.05) is 74.7 Å². The summed E-state index contributed by atoms with van der Waals surface area (Å²) >= 11 is 0. The van der Waals surface area contributed by atoms with Gasteiger partial charge in [0.25, 0.3) is 5.91 Å². The zero-order valence-electron chi connectivity index (χ0n) is 20.2. The van der Waals surface area contributed by atoms with Gasteiger partial charge in [-0.25, -0.2) is 0 Å². The van der Waals surface area contributed by atoms with Crippen molar-refractivity contribution < 1.29 is 14.3 Å². The predicted molar refractivity (Wildman–Crippen MR) is 137 cm³/mol. The molecule has 35 heavy (non-hydrogen) atoms. The van der Waals surface area contributed by atoms with E-state index in [1.165, 1.54) is 6.42 Å². The van der Waals surface area contributed by atoms with Gasteiger partial charge in [0.2, 0.25) is 17.8 Å². The van der Waals surface area contributed by atoms with Crippen molar-refractivity contribution in [1.29, 1.82) is 0 Å². The molecule has 0 radical (unpaired) electrons. The first kappa shape index (κ1) is 26.3. The van der Waals surface area contributed by atoms with Crippen molar-refractivity contribution in [2.24, 2.45) is 5.73 Å². The number of hydrogen-bond acceptors (Lipinski definition) is 10. The molecule has 190 valence electrons. The first-order chi connectivity index (χ1) is 17.2. The lowest BCUT2D eigenvalue weighted by Gasteiger charge is -2.27. The fraction of sp³-hybridized carbons (Fsp3) is 0.500. The van der Waals surface area contributed by atoms with Gasteiger partial charge in [-0.3, -0.25) is 4.79 Å². The summed E-state index contributed by atoms with van der Waals surface area (Å²) in [6, 6.07) is 7.15. The molecular weight excluding hydrogens is 448 g/mol. The smallest absolute Gasteiger partial charge is 0.251 e. The lowest BCUT2D eigenvalue weighted by Crippen LogP contribution is -2.31. The average molecular weight is 485 g/mol. The van der Waals surface area contributed by atoms with E-state index in [4.69, 9.17) is 15.2 Å². The zero-order valence-corrected chi connectivity index (χ0v) is 20.2. The van der Waals surface area contributed by atoms with Gasteiger partial charge in [0, 0.05) is 44.0 Å². The fourth-order valence-electron chi connectivity index (χ4n) is 3.48. The van der Waals surface area contributed by atoms with Gasteiger partial charge < -0.3 is 36.1 Å². The number of ether oxygens (including phenoxy) is 2. The molecule has 1 aliphatic heterocycles. The number of amides is 1. The van der Waals surface area contributed by atoms with Crippen LogP contribution in [0.15, 0.2) is 36.9 Å². The van der Waals surface area contributed by atoms with Crippen LogP contribution in [0.2, 0.25) is 0 Å². The molecule has 5 N–H and O–H groups in total. The van der Waals surface area contributed by atoms with Gasteiger partial charge in [0.05, 0.1) is 26.4 Å². The van der Waals surface area contributed by atoms with Crippen LogP contribution < -0.4 is 26.6 Å². The molecule has 3 rings (SSSR count). The number of hydrogen-bond donors (Lipinski definition) is 4. The molecule has 11 nitrogen and oxygen atoms in total. The van der Waals surface area contributed by atoms with E-state index in [1.54, 1.807) is 18.2 Å². The number of aromatic nitrogens is 3. The van der Waals surface area contributed by atoms with Crippen LogP contribution >= 0.6 is 0 Å². The number of benzene rings is 1. The third-order valence-corrected chi connectivity index (χ3v) is 5.24. The quantitative estimate of drug-likeness (QED) is 0.219. The third-order valence-electron chi connectivity index (χ3n) is 5.24. The molecule has 1 aliphatic rings. The summed E-state index contributed by atoms with van der Waals surface area (Å²) in [5.41, 5.74) is 6.68. The maximum atomic E-state index is 12.4. The summed E-state index contributed by atoms with van der Waals surface area (Å²) in [6.45, 7) is 8.96. The van der Waals surface area contributed by atoms with Gasteiger partial charge in [-0.05, 0) is 43.5 Å². The van der Waals surface area contributed by atoms with E-state index in [9.17, 15) is 4.79 Å². The maximum absolute atomic E-state index is 12.4.